The second-order valence-corrected chi connectivity index (χ2v) is 7.94. The summed E-state index contributed by atoms with van der Waals surface area (Å²) in [4.78, 5) is 0.296. The highest BCUT2D eigenvalue weighted by Gasteiger charge is 2.26. The molecule has 5 nitrogen and oxygen atoms in total. The standard InChI is InChI=1S/C17H28N2O3S.ClH/c1-3-4-5-12-22-15-6-8-16(9-7-15)23(20,21)19-17-10-11-18-13-14(17)2;/h6-9,14,17-19H,3-5,10-13H2,1-2H3;1H. The van der Waals surface area contributed by atoms with E-state index < -0.39 is 10.0 Å². The van der Waals surface area contributed by atoms with Crippen molar-refractivity contribution in [2.24, 2.45) is 5.92 Å². The molecule has 1 aliphatic heterocycles. The van der Waals surface area contributed by atoms with Crippen LogP contribution in [0.1, 0.15) is 39.5 Å². The van der Waals surface area contributed by atoms with Crippen LogP contribution in [0.4, 0.5) is 0 Å². The average molecular weight is 377 g/mol. The monoisotopic (exact) mass is 376 g/mol. The lowest BCUT2D eigenvalue weighted by atomic mass is 9.97. The Morgan fingerprint density at radius 2 is 1.96 bits per heavy atom. The fourth-order valence-corrected chi connectivity index (χ4v) is 4.09. The Bertz CT molecular complexity index is 578. The molecule has 0 radical (unpaired) electrons. The molecule has 2 N–H and O–H groups in total. The molecule has 2 rings (SSSR count). The van der Waals surface area contributed by atoms with Gasteiger partial charge in [0, 0.05) is 6.04 Å². The summed E-state index contributed by atoms with van der Waals surface area (Å²) in [5.41, 5.74) is 0. The van der Waals surface area contributed by atoms with E-state index in [1.807, 2.05) is 0 Å². The number of hydrogen-bond donors (Lipinski definition) is 2. The van der Waals surface area contributed by atoms with Gasteiger partial charge in [-0.15, -0.1) is 12.4 Å². The predicted octanol–water partition coefficient (Wildman–Crippen LogP) is 2.95. The van der Waals surface area contributed by atoms with Crippen LogP contribution in [-0.4, -0.2) is 34.2 Å². The van der Waals surface area contributed by atoms with E-state index in [0.29, 0.717) is 17.4 Å². The first-order valence-electron chi connectivity index (χ1n) is 8.49. The molecule has 1 aliphatic rings. The van der Waals surface area contributed by atoms with Crippen molar-refractivity contribution >= 4 is 22.4 Å². The van der Waals surface area contributed by atoms with Crippen LogP contribution in [0.3, 0.4) is 0 Å². The number of nitrogens with one attached hydrogen (secondary N) is 2. The van der Waals surface area contributed by atoms with Crippen LogP contribution in [0.25, 0.3) is 0 Å². The van der Waals surface area contributed by atoms with Crippen molar-refractivity contribution in [2.45, 2.75) is 50.5 Å². The Morgan fingerprint density at radius 1 is 1.25 bits per heavy atom. The molecule has 1 aromatic rings. The van der Waals surface area contributed by atoms with Gasteiger partial charge in [-0.1, -0.05) is 26.7 Å². The summed E-state index contributed by atoms with van der Waals surface area (Å²) in [7, 11) is -3.47. The highest BCUT2D eigenvalue weighted by Crippen LogP contribution is 2.19. The summed E-state index contributed by atoms with van der Waals surface area (Å²) in [6.45, 7) is 6.58. The van der Waals surface area contributed by atoms with Gasteiger partial charge in [0.25, 0.3) is 0 Å². The van der Waals surface area contributed by atoms with Crippen molar-refractivity contribution < 1.29 is 13.2 Å². The Morgan fingerprint density at radius 3 is 2.58 bits per heavy atom. The van der Waals surface area contributed by atoms with Crippen molar-refractivity contribution in [1.82, 2.24) is 10.0 Å². The van der Waals surface area contributed by atoms with Crippen molar-refractivity contribution in [2.75, 3.05) is 19.7 Å². The van der Waals surface area contributed by atoms with Crippen LogP contribution < -0.4 is 14.8 Å². The molecule has 1 heterocycles. The normalized spacial score (nSPS) is 21.1. The van der Waals surface area contributed by atoms with Crippen LogP contribution in [0.15, 0.2) is 29.2 Å². The number of halogens is 1. The summed E-state index contributed by atoms with van der Waals surface area (Å²) < 4.78 is 33.4. The fourth-order valence-electron chi connectivity index (χ4n) is 2.71. The van der Waals surface area contributed by atoms with Crippen molar-refractivity contribution in [3.63, 3.8) is 0 Å². The Balaban J connectivity index is 0.00000288. The minimum absolute atomic E-state index is 0. The van der Waals surface area contributed by atoms with E-state index in [2.05, 4.69) is 23.9 Å². The molecule has 138 valence electrons. The van der Waals surface area contributed by atoms with Gasteiger partial charge in [-0.3, -0.25) is 0 Å². The molecule has 0 aliphatic carbocycles. The molecular formula is C17H29ClN2O3S. The molecule has 0 bridgehead atoms. The molecule has 0 amide bonds. The maximum absolute atomic E-state index is 12.5. The highest BCUT2D eigenvalue weighted by atomic mass is 35.5. The summed E-state index contributed by atoms with van der Waals surface area (Å²) >= 11 is 0. The SMILES string of the molecule is CCCCCOc1ccc(S(=O)(=O)NC2CCNCC2C)cc1.Cl. The van der Waals surface area contributed by atoms with E-state index in [1.54, 1.807) is 24.3 Å². The Hall–Kier alpha value is -0.820. The summed E-state index contributed by atoms with van der Waals surface area (Å²) in [6.07, 6.45) is 4.14. The minimum atomic E-state index is -3.47. The quantitative estimate of drug-likeness (QED) is 0.684. The lowest BCUT2D eigenvalue weighted by molar-refractivity contribution is 0.306. The zero-order valence-electron chi connectivity index (χ0n) is 14.5. The van der Waals surface area contributed by atoms with Crippen molar-refractivity contribution in [3.05, 3.63) is 24.3 Å². The molecule has 1 aromatic carbocycles. The third-order valence-electron chi connectivity index (χ3n) is 4.24. The highest BCUT2D eigenvalue weighted by molar-refractivity contribution is 7.89. The van der Waals surface area contributed by atoms with Gasteiger partial charge in [0.05, 0.1) is 11.5 Å². The number of unbranched alkanes of at least 4 members (excludes halogenated alkanes) is 2. The number of piperidine rings is 1. The maximum atomic E-state index is 12.5. The number of sulfonamides is 1. The number of benzene rings is 1. The second-order valence-electron chi connectivity index (χ2n) is 6.22. The third kappa shape index (κ3) is 6.24. The smallest absolute Gasteiger partial charge is 0.240 e. The van der Waals surface area contributed by atoms with E-state index in [0.717, 1.165) is 44.5 Å². The summed E-state index contributed by atoms with van der Waals surface area (Å²) in [5.74, 6) is 1.01. The maximum Gasteiger partial charge on any atom is 0.240 e. The van der Waals surface area contributed by atoms with Crippen LogP contribution in [0.2, 0.25) is 0 Å². The number of rotatable bonds is 8. The fraction of sp³-hybridized carbons (Fsp3) is 0.647. The summed E-state index contributed by atoms with van der Waals surface area (Å²) in [5, 5.41) is 3.27. The molecule has 2 unspecified atom stereocenters. The van der Waals surface area contributed by atoms with Gasteiger partial charge in [0.1, 0.15) is 5.75 Å². The average Bonchev–Trinajstić information content (AvgIpc) is 2.54. The molecule has 0 aromatic heterocycles. The largest absolute Gasteiger partial charge is 0.494 e. The van der Waals surface area contributed by atoms with Gasteiger partial charge in [-0.25, -0.2) is 13.1 Å². The molecule has 0 saturated carbocycles. The lowest BCUT2D eigenvalue weighted by Gasteiger charge is -2.29. The first-order chi connectivity index (χ1) is 11.0. The van der Waals surface area contributed by atoms with Crippen LogP contribution in [0.5, 0.6) is 5.75 Å². The van der Waals surface area contributed by atoms with Crippen LogP contribution >= 0.6 is 12.4 Å². The van der Waals surface area contributed by atoms with Gasteiger partial charge in [0.15, 0.2) is 0 Å². The van der Waals surface area contributed by atoms with E-state index in [9.17, 15) is 8.42 Å². The molecule has 2 atom stereocenters. The van der Waals surface area contributed by atoms with Crippen molar-refractivity contribution in [3.8, 4) is 5.75 Å². The Kier molecular flexibility index (Phi) is 9.05. The van der Waals surface area contributed by atoms with E-state index in [4.69, 9.17) is 4.74 Å². The minimum Gasteiger partial charge on any atom is -0.494 e. The number of hydrogen-bond acceptors (Lipinski definition) is 4. The second kappa shape index (κ2) is 10.2. The topological polar surface area (TPSA) is 67.4 Å². The van der Waals surface area contributed by atoms with Gasteiger partial charge >= 0.3 is 0 Å². The van der Waals surface area contributed by atoms with E-state index >= 15 is 0 Å². The van der Waals surface area contributed by atoms with Gasteiger partial charge < -0.3 is 10.1 Å². The number of ether oxygens (including phenoxy) is 1. The van der Waals surface area contributed by atoms with Gasteiger partial charge in [-0.2, -0.15) is 0 Å². The van der Waals surface area contributed by atoms with Crippen LogP contribution in [0, 0.1) is 5.92 Å². The summed E-state index contributed by atoms with van der Waals surface area (Å²) in [6, 6.07) is 6.68. The lowest BCUT2D eigenvalue weighted by Crippen LogP contribution is -2.48. The third-order valence-corrected chi connectivity index (χ3v) is 5.75. The van der Waals surface area contributed by atoms with Gasteiger partial charge in [-0.05, 0) is 56.1 Å². The molecule has 24 heavy (non-hydrogen) atoms. The van der Waals surface area contributed by atoms with Crippen LogP contribution in [-0.2, 0) is 10.0 Å². The van der Waals surface area contributed by atoms with Crippen molar-refractivity contribution in [1.29, 1.82) is 0 Å². The molecule has 7 heteroatoms. The molecule has 1 fully saturated rings. The zero-order valence-corrected chi connectivity index (χ0v) is 16.1. The zero-order chi connectivity index (χ0) is 16.7. The van der Waals surface area contributed by atoms with E-state index in [1.165, 1.54) is 0 Å². The molecule has 0 spiro atoms. The first-order valence-corrected chi connectivity index (χ1v) is 9.97. The predicted molar refractivity (Wildman–Crippen MR) is 99.5 cm³/mol. The van der Waals surface area contributed by atoms with Gasteiger partial charge in [0.2, 0.25) is 10.0 Å². The first kappa shape index (κ1) is 21.2. The molecule has 1 saturated heterocycles. The molecular weight excluding hydrogens is 348 g/mol. The Labute approximate surface area is 152 Å². The van der Waals surface area contributed by atoms with E-state index in [-0.39, 0.29) is 18.4 Å².